The summed E-state index contributed by atoms with van der Waals surface area (Å²) in [4.78, 5) is 20.1. The topological polar surface area (TPSA) is 51.6 Å². The molecule has 263 valence electrons. The van der Waals surface area contributed by atoms with Gasteiger partial charge in [0.2, 0.25) is 0 Å². The number of rotatable bonds is 6. The Bertz CT molecular complexity index is 2330. The van der Waals surface area contributed by atoms with Gasteiger partial charge in [-0.1, -0.05) is 101 Å². The van der Waals surface area contributed by atoms with Crippen LogP contribution in [-0.2, 0) is 45.8 Å². The molecular formula is C48H41IrN4-. The summed E-state index contributed by atoms with van der Waals surface area (Å²) in [6.07, 6.45) is 11.4. The van der Waals surface area contributed by atoms with Crippen LogP contribution in [0.2, 0.25) is 0 Å². The monoisotopic (exact) mass is 866 g/mol. The summed E-state index contributed by atoms with van der Waals surface area (Å²) in [5.74, 6) is 2.05. The van der Waals surface area contributed by atoms with Gasteiger partial charge < -0.3 is 4.98 Å². The Morgan fingerprint density at radius 1 is 0.472 bits per heavy atom. The van der Waals surface area contributed by atoms with E-state index in [0.717, 1.165) is 59.2 Å². The predicted molar refractivity (Wildman–Crippen MR) is 212 cm³/mol. The molecule has 0 unspecified atom stereocenters. The van der Waals surface area contributed by atoms with Crippen LogP contribution >= 0.6 is 0 Å². The zero-order valence-corrected chi connectivity index (χ0v) is 32.6. The molecule has 0 amide bonds. The van der Waals surface area contributed by atoms with E-state index in [4.69, 9.17) is 19.9 Å². The van der Waals surface area contributed by atoms with E-state index in [9.17, 15) is 0 Å². The molecule has 0 saturated carbocycles. The van der Waals surface area contributed by atoms with Crippen molar-refractivity contribution < 1.29 is 20.1 Å². The summed E-state index contributed by atoms with van der Waals surface area (Å²) < 4.78 is 0. The van der Waals surface area contributed by atoms with Crippen molar-refractivity contribution in [3.63, 3.8) is 0 Å². The Morgan fingerprint density at radius 3 is 1.51 bits per heavy atom. The summed E-state index contributed by atoms with van der Waals surface area (Å²) in [5.41, 5.74) is 17.8. The van der Waals surface area contributed by atoms with Crippen LogP contribution in [0.15, 0.2) is 115 Å². The number of pyridine rings is 1. The van der Waals surface area contributed by atoms with Crippen LogP contribution in [0.4, 0.5) is 0 Å². The van der Waals surface area contributed by atoms with Gasteiger partial charge in [-0.15, -0.1) is 29.8 Å². The number of aryl methyl sites for hydroxylation is 6. The maximum Gasteiger partial charge on any atom is 0.165 e. The first-order chi connectivity index (χ1) is 25.5. The molecule has 5 heteroatoms. The van der Waals surface area contributed by atoms with Gasteiger partial charge in [0.15, 0.2) is 17.5 Å². The molecule has 2 aliphatic rings. The van der Waals surface area contributed by atoms with Crippen LogP contribution in [0.1, 0.15) is 59.1 Å². The third kappa shape index (κ3) is 7.29. The number of benzene rings is 5. The molecule has 4 nitrogen and oxygen atoms in total. The summed E-state index contributed by atoms with van der Waals surface area (Å²) >= 11 is 0. The SMILES string of the molecule is Cc1cc(C)cc(-c2ccccc2-c2c[c-]c(-c3ccc(-c4nc(-c5ccc6c(c5)CCCC6)nc(-c5ccc6c(c5)CCCC6)n4)cn3)cc2)c1.[Ir]. The molecule has 1 radical (unpaired) electrons. The predicted octanol–water partition coefficient (Wildman–Crippen LogP) is 11.4. The van der Waals surface area contributed by atoms with Crippen LogP contribution in [0.5, 0.6) is 0 Å². The third-order valence-electron chi connectivity index (χ3n) is 10.7. The summed E-state index contributed by atoms with van der Waals surface area (Å²) in [7, 11) is 0. The van der Waals surface area contributed by atoms with E-state index in [-0.39, 0.29) is 20.1 Å². The van der Waals surface area contributed by atoms with Crippen molar-refractivity contribution >= 4 is 0 Å². The largest absolute Gasteiger partial charge is 0.304 e. The number of hydrogen-bond acceptors (Lipinski definition) is 4. The molecule has 2 aromatic heterocycles. The van der Waals surface area contributed by atoms with Crippen molar-refractivity contribution in [3.8, 4) is 67.7 Å². The molecule has 0 fully saturated rings. The van der Waals surface area contributed by atoms with E-state index in [1.54, 1.807) is 0 Å². The summed E-state index contributed by atoms with van der Waals surface area (Å²) in [5, 5.41) is 0. The number of nitrogens with zero attached hydrogens (tertiary/aromatic N) is 4. The van der Waals surface area contributed by atoms with Gasteiger partial charge in [-0.05, 0) is 116 Å². The minimum atomic E-state index is 0. The maximum atomic E-state index is 5.08. The molecule has 0 aliphatic heterocycles. The van der Waals surface area contributed by atoms with Crippen LogP contribution in [-0.4, -0.2) is 19.9 Å². The molecule has 53 heavy (non-hydrogen) atoms. The van der Waals surface area contributed by atoms with E-state index in [0.29, 0.717) is 17.5 Å². The minimum absolute atomic E-state index is 0. The molecule has 0 atom stereocenters. The van der Waals surface area contributed by atoms with Crippen LogP contribution < -0.4 is 0 Å². The van der Waals surface area contributed by atoms with E-state index < -0.39 is 0 Å². The molecule has 7 aromatic rings. The first-order valence-corrected chi connectivity index (χ1v) is 18.7. The van der Waals surface area contributed by atoms with Crippen molar-refractivity contribution in [2.24, 2.45) is 0 Å². The first kappa shape index (κ1) is 35.0. The second kappa shape index (κ2) is 15.1. The van der Waals surface area contributed by atoms with Crippen LogP contribution in [0.25, 0.3) is 67.7 Å². The van der Waals surface area contributed by atoms with Gasteiger partial charge in [-0.25, -0.2) is 15.0 Å². The Balaban J connectivity index is 0.00000400. The Hall–Kier alpha value is -5.09. The molecule has 5 aromatic carbocycles. The van der Waals surface area contributed by atoms with Crippen molar-refractivity contribution in [1.82, 2.24) is 19.9 Å². The Kier molecular flexibility index (Phi) is 9.96. The second-order valence-electron chi connectivity index (χ2n) is 14.5. The molecule has 0 spiro atoms. The van der Waals surface area contributed by atoms with Crippen molar-refractivity contribution in [2.45, 2.75) is 65.2 Å². The molecular weight excluding hydrogens is 825 g/mol. The van der Waals surface area contributed by atoms with Gasteiger partial charge in [0.25, 0.3) is 0 Å². The second-order valence-corrected chi connectivity index (χ2v) is 14.5. The smallest absolute Gasteiger partial charge is 0.165 e. The van der Waals surface area contributed by atoms with E-state index in [1.807, 2.05) is 12.3 Å². The van der Waals surface area contributed by atoms with E-state index in [1.165, 1.54) is 75.8 Å². The molecule has 2 aliphatic carbocycles. The zero-order chi connectivity index (χ0) is 35.0. The molecule has 9 rings (SSSR count). The standard InChI is InChI=1S/C48H41N4.Ir/c1-31-25-32(2)27-42(26-31)44-14-8-7-13-43(44)35-17-19-36(20-18-35)45-24-23-41(30-49-45)48-51-46(39-21-15-33-9-3-5-11-37(33)28-39)50-47(52-48)40-22-16-34-10-4-6-12-38(34)29-40;/h7-8,13-19,21-30H,3-6,9-12H2,1-2H3;/q-1;. The summed E-state index contributed by atoms with van der Waals surface area (Å²) in [6, 6.07) is 42.8. The Labute approximate surface area is 326 Å². The van der Waals surface area contributed by atoms with Gasteiger partial charge in [0.05, 0.1) is 0 Å². The molecule has 2 heterocycles. The quantitative estimate of drug-likeness (QED) is 0.156. The van der Waals surface area contributed by atoms with Gasteiger partial charge >= 0.3 is 0 Å². The molecule has 0 N–H and O–H groups in total. The van der Waals surface area contributed by atoms with Gasteiger partial charge in [-0.3, -0.25) is 0 Å². The van der Waals surface area contributed by atoms with Crippen molar-refractivity contribution in [2.75, 3.05) is 0 Å². The fraction of sp³-hybridized carbons (Fsp3) is 0.208. The zero-order valence-electron chi connectivity index (χ0n) is 30.2. The van der Waals surface area contributed by atoms with E-state index >= 15 is 0 Å². The summed E-state index contributed by atoms with van der Waals surface area (Å²) in [6.45, 7) is 4.31. The normalized spacial score (nSPS) is 13.5. The molecule has 0 bridgehead atoms. The minimum Gasteiger partial charge on any atom is -0.304 e. The van der Waals surface area contributed by atoms with Crippen molar-refractivity contribution in [1.29, 1.82) is 0 Å². The fourth-order valence-electron chi connectivity index (χ4n) is 8.06. The third-order valence-corrected chi connectivity index (χ3v) is 10.7. The van der Waals surface area contributed by atoms with Gasteiger partial charge in [0.1, 0.15) is 0 Å². The Morgan fingerprint density at radius 2 is 0.981 bits per heavy atom. The van der Waals surface area contributed by atoms with Crippen molar-refractivity contribution in [3.05, 3.63) is 155 Å². The number of fused-ring (bicyclic) bond motifs is 2. The maximum absolute atomic E-state index is 5.08. The van der Waals surface area contributed by atoms with Gasteiger partial charge in [0, 0.05) is 43.0 Å². The number of aromatic nitrogens is 4. The van der Waals surface area contributed by atoms with Gasteiger partial charge in [-0.2, -0.15) is 0 Å². The van der Waals surface area contributed by atoms with E-state index in [2.05, 4.69) is 123 Å². The first-order valence-electron chi connectivity index (χ1n) is 18.7. The van der Waals surface area contributed by atoms with Crippen LogP contribution in [0.3, 0.4) is 0 Å². The fourth-order valence-corrected chi connectivity index (χ4v) is 8.06. The average molecular weight is 866 g/mol. The molecule has 0 saturated heterocycles. The average Bonchev–Trinajstić information content (AvgIpc) is 3.20. The number of hydrogen-bond donors (Lipinski definition) is 0. The van der Waals surface area contributed by atoms with Crippen LogP contribution in [0, 0.1) is 19.9 Å².